The number of anilines is 1. The molecule has 1 amide bonds. The topological polar surface area (TPSA) is 72.7 Å². The zero-order valence-corrected chi connectivity index (χ0v) is 19.8. The van der Waals surface area contributed by atoms with E-state index in [-0.39, 0.29) is 5.91 Å². The fourth-order valence-electron chi connectivity index (χ4n) is 3.58. The third-order valence-electron chi connectivity index (χ3n) is 5.33. The molecule has 168 valence electrons. The Hall–Kier alpha value is -3.68. The minimum atomic E-state index is -0.410. The average molecular weight is 486 g/mol. The highest BCUT2D eigenvalue weighted by molar-refractivity contribution is 8.00. The van der Waals surface area contributed by atoms with E-state index in [4.69, 9.17) is 11.6 Å². The van der Waals surface area contributed by atoms with Crippen LogP contribution in [0.4, 0.5) is 5.69 Å². The van der Waals surface area contributed by atoms with Crippen molar-refractivity contribution in [2.45, 2.75) is 17.3 Å². The lowest BCUT2D eigenvalue weighted by atomic mass is 10.1. The molecule has 3 aromatic carbocycles. The van der Waals surface area contributed by atoms with Crippen molar-refractivity contribution in [2.24, 2.45) is 0 Å². The fraction of sp³-hybridized carbons (Fsp3) is 0.0769. The molecule has 0 aliphatic heterocycles. The first-order valence-electron chi connectivity index (χ1n) is 10.7. The molecule has 0 radical (unpaired) electrons. The molecular weight excluding hydrogens is 466 g/mol. The van der Waals surface area contributed by atoms with Gasteiger partial charge in [-0.05, 0) is 66.2 Å². The highest BCUT2D eigenvalue weighted by Crippen LogP contribution is 2.31. The molecule has 0 saturated carbocycles. The molecule has 2 heterocycles. The van der Waals surface area contributed by atoms with E-state index in [1.54, 1.807) is 12.4 Å². The number of thioether (sulfide) groups is 1. The van der Waals surface area contributed by atoms with E-state index in [0.717, 1.165) is 27.7 Å². The van der Waals surface area contributed by atoms with Gasteiger partial charge in [-0.15, -0.1) is 10.2 Å². The molecule has 1 N–H and O–H groups in total. The van der Waals surface area contributed by atoms with Gasteiger partial charge in [0, 0.05) is 34.4 Å². The van der Waals surface area contributed by atoms with Crippen LogP contribution in [0.1, 0.15) is 6.92 Å². The van der Waals surface area contributed by atoms with E-state index in [9.17, 15) is 4.79 Å². The molecule has 0 fully saturated rings. The molecular formula is C26H20ClN5OS. The van der Waals surface area contributed by atoms with Crippen molar-refractivity contribution in [3.8, 4) is 17.1 Å². The van der Waals surface area contributed by atoms with Crippen LogP contribution in [0.15, 0.2) is 96.4 Å². The number of fused-ring (bicyclic) bond motifs is 1. The minimum Gasteiger partial charge on any atom is -0.325 e. The van der Waals surface area contributed by atoms with Crippen molar-refractivity contribution in [1.82, 2.24) is 19.7 Å². The Kier molecular flexibility index (Phi) is 6.29. The summed E-state index contributed by atoms with van der Waals surface area (Å²) >= 11 is 7.45. The molecule has 6 nitrogen and oxygen atoms in total. The van der Waals surface area contributed by atoms with Crippen LogP contribution in [0.2, 0.25) is 5.02 Å². The standard InChI is InChI=1S/C26H20ClN5OS/c1-17(25(33)29-22-9-6-18-4-2-3-5-20(18)16-22)34-26-31-30-24(19-12-14-28-15-13-19)32(26)23-10-7-21(27)8-11-23/h2-17H,1H3,(H,29,33). The van der Waals surface area contributed by atoms with Crippen LogP contribution in [-0.4, -0.2) is 30.9 Å². The number of nitrogens with one attached hydrogen (secondary N) is 1. The number of carbonyl (C=O) groups excluding carboxylic acids is 1. The second-order valence-electron chi connectivity index (χ2n) is 7.67. The summed E-state index contributed by atoms with van der Waals surface area (Å²) in [6.07, 6.45) is 3.42. The lowest BCUT2D eigenvalue weighted by molar-refractivity contribution is -0.115. The van der Waals surface area contributed by atoms with Gasteiger partial charge in [-0.3, -0.25) is 14.3 Å². The molecule has 0 bridgehead atoms. The highest BCUT2D eigenvalue weighted by atomic mass is 35.5. The second kappa shape index (κ2) is 9.67. The van der Waals surface area contributed by atoms with Gasteiger partial charge in [-0.25, -0.2) is 0 Å². The van der Waals surface area contributed by atoms with E-state index in [1.165, 1.54) is 11.8 Å². The van der Waals surface area contributed by atoms with Crippen LogP contribution >= 0.6 is 23.4 Å². The summed E-state index contributed by atoms with van der Waals surface area (Å²) in [6, 6.07) is 25.1. The van der Waals surface area contributed by atoms with Crippen molar-refractivity contribution in [2.75, 3.05) is 5.32 Å². The highest BCUT2D eigenvalue weighted by Gasteiger charge is 2.22. The van der Waals surface area contributed by atoms with Gasteiger partial charge < -0.3 is 5.32 Å². The molecule has 0 saturated heterocycles. The molecule has 1 atom stereocenters. The quantitative estimate of drug-likeness (QED) is 0.287. The van der Waals surface area contributed by atoms with Crippen LogP contribution in [0, 0.1) is 0 Å². The average Bonchev–Trinajstić information content (AvgIpc) is 3.28. The second-order valence-corrected chi connectivity index (χ2v) is 9.41. The molecule has 5 aromatic rings. The number of nitrogens with zero attached hydrogens (tertiary/aromatic N) is 4. The van der Waals surface area contributed by atoms with E-state index < -0.39 is 5.25 Å². The first kappa shape index (κ1) is 22.1. The van der Waals surface area contributed by atoms with Gasteiger partial charge in [0.15, 0.2) is 11.0 Å². The summed E-state index contributed by atoms with van der Waals surface area (Å²) in [5, 5.41) is 14.9. The number of pyridine rings is 1. The van der Waals surface area contributed by atoms with Crippen LogP contribution in [-0.2, 0) is 4.79 Å². The maximum absolute atomic E-state index is 13.0. The third kappa shape index (κ3) is 4.66. The van der Waals surface area contributed by atoms with Gasteiger partial charge in [-0.2, -0.15) is 0 Å². The van der Waals surface area contributed by atoms with Crippen molar-refractivity contribution >= 4 is 45.7 Å². The molecule has 0 aliphatic rings. The van der Waals surface area contributed by atoms with Crippen molar-refractivity contribution in [1.29, 1.82) is 0 Å². The molecule has 2 aromatic heterocycles. The molecule has 8 heteroatoms. The molecule has 5 rings (SSSR count). The van der Waals surface area contributed by atoms with Crippen LogP contribution < -0.4 is 5.32 Å². The van der Waals surface area contributed by atoms with Crippen molar-refractivity contribution in [3.63, 3.8) is 0 Å². The first-order chi connectivity index (χ1) is 16.6. The Morgan fingerprint density at radius 1 is 0.941 bits per heavy atom. The fourth-order valence-corrected chi connectivity index (χ4v) is 4.57. The van der Waals surface area contributed by atoms with E-state index >= 15 is 0 Å². The lowest BCUT2D eigenvalue weighted by Crippen LogP contribution is -2.22. The smallest absolute Gasteiger partial charge is 0.237 e. The van der Waals surface area contributed by atoms with Gasteiger partial charge >= 0.3 is 0 Å². The zero-order valence-electron chi connectivity index (χ0n) is 18.2. The van der Waals surface area contributed by atoms with Gasteiger partial charge in [0.1, 0.15) is 0 Å². The van der Waals surface area contributed by atoms with Gasteiger partial charge in [0.25, 0.3) is 0 Å². The van der Waals surface area contributed by atoms with Crippen LogP contribution in [0.5, 0.6) is 0 Å². The predicted octanol–water partition coefficient (Wildman–Crippen LogP) is 6.26. The number of rotatable bonds is 6. The summed E-state index contributed by atoms with van der Waals surface area (Å²) in [7, 11) is 0. The Balaban J connectivity index is 1.42. The van der Waals surface area contributed by atoms with Crippen LogP contribution in [0.25, 0.3) is 27.8 Å². The first-order valence-corrected chi connectivity index (χ1v) is 11.9. The number of aromatic nitrogens is 4. The van der Waals surface area contributed by atoms with Gasteiger partial charge in [0.2, 0.25) is 5.91 Å². The summed E-state index contributed by atoms with van der Waals surface area (Å²) in [6.45, 7) is 1.86. The van der Waals surface area contributed by atoms with Crippen molar-refractivity contribution in [3.05, 3.63) is 96.3 Å². The van der Waals surface area contributed by atoms with Crippen LogP contribution in [0.3, 0.4) is 0 Å². The maximum Gasteiger partial charge on any atom is 0.237 e. The molecule has 0 spiro atoms. The Labute approximate surface area is 206 Å². The SMILES string of the molecule is CC(Sc1nnc(-c2ccncc2)n1-c1ccc(Cl)cc1)C(=O)Nc1ccc2ccccc2c1. The van der Waals surface area contributed by atoms with E-state index in [2.05, 4.69) is 20.5 Å². The number of amides is 1. The number of benzene rings is 3. The van der Waals surface area contributed by atoms with E-state index in [1.807, 2.05) is 90.4 Å². The Morgan fingerprint density at radius 3 is 2.44 bits per heavy atom. The van der Waals surface area contributed by atoms with Gasteiger partial charge in [0.05, 0.1) is 5.25 Å². The minimum absolute atomic E-state index is 0.114. The normalized spacial score (nSPS) is 11.9. The summed E-state index contributed by atoms with van der Waals surface area (Å²) in [5.74, 6) is 0.547. The molecule has 34 heavy (non-hydrogen) atoms. The summed E-state index contributed by atoms with van der Waals surface area (Å²) in [4.78, 5) is 17.1. The number of hydrogen-bond acceptors (Lipinski definition) is 5. The number of carbonyl (C=O) groups is 1. The lowest BCUT2D eigenvalue weighted by Gasteiger charge is -2.14. The largest absolute Gasteiger partial charge is 0.325 e. The Morgan fingerprint density at radius 2 is 1.68 bits per heavy atom. The number of halogens is 1. The summed E-state index contributed by atoms with van der Waals surface area (Å²) in [5.41, 5.74) is 2.48. The Bertz CT molecular complexity index is 1450. The molecule has 1 unspecified atom stereocenters. The number of hydrogen-bond donors (Lipinski definition) is 1. The summed E-state index contributed by atoms with van der Waals surface area (Å²) < 4.78 is 1.93. The zero-order chi connectivity index (χ0) is 23.5. The molecule has 0 aliphatic carbocycles. The van der Waals surface area contributed by atoms with Crippen molar-refractivity contribution < 1.29 is 4.79 Å². The predicted molar refractivity (Wildman–Crippen MR) is 137 cm³/mol. The van der Waals surface area contributed by atoms with E-state index in [0.29, 0.717) is 16.0 Å². The third-order valence-corrected chi connectivity index (χ3v) is 6.62. The maximum atomic E-state index is 13.0. The van der Waals surface area contributed by atoms with Gasteiger partial charge in [-0.1, -0.05) is 53.7 Å². The monoisotopic (exact) mass is 485 g/mol.